The number of aldehydes is 1. The zero-order valence-corrected chi connectivity index (χ0v) is 16.3. The van der Waals surface area contributed by atoms with Crippen LogP contribution in [-0.2, 0) is 4.79 Å². The van der Waals surface area contributed by atoms with Crippen LogP contribution in [0, 0.1) is 5.82 Å². The first-order chi connectivity index (χ1) is 13.3. The van der Waals surface area contributed by atoms with Gasteiger partial charge >= 0.3 is 5.97 Å². The van der Waals surface area contributed by atoms with E-state index in [1.54, 1.807) is 0 Å². The number of carboxylic acid groups (broad SMARTS) is 1. The number of ketones is 1. The summed E-state index contributed by atoms with van der Waals surface area (Å²) in [5.74, 6) is -2.63. The van der Waals surface area contributed by atoms with E-state index in [2.05, 4.69) is 5.32 Å². The molecule has 0 aliphatic carbocycles. The Kier molecular flexibility index (Phi) is 7.43. The maximum absolute atomic E-state index is 15.3. The van der Waals surface area contributed by atoms with Gasteiger partial charge < -0.3 is 15.2 Å². The van der Waals surface area contributed by atoms with Crippen LogP contribution in [-0.4, -0.2) is 29.2 Å². The van der Waals surface area contributed by atoms with Gasteiger partial charge in [-0.2, -0.15) is 0 Å². The van der Waals surface area contributed by atoms with Gasteiger partial charge in [-0.25, -0.2) is 9.18 Å². The summed E-state index contributed by atoms with van der Waals surface area (Å²) in [5.41, 5.74) is -0.0742. The highest BCUT2D eigenvalue weighted by Crippen LogP contribution is 2.30. The third-order valence-electron chi connectivity index (χ3n) is 4.44. The fourth-order valence-electron chi connectivity index (χ4n) is 2.97. The second kappa shape index (κ2) is 9.57. The molecule has 148 valence electrons. The first kappa shape index (κ1) is 21.7. The minimum atomic E-state index is -1.19. The summed E-state index contributed by atoms with van der Waals surface area (Å²) in [6.45, 7) is 3.67. The fourth-order valence-corrected chi connectivity index (χ4v) is 3.20. The molecule has 0 heterocycles. The molecule has 0 amide bonds. The summed E-state index contributed by atoms with van der Waals surface area (Å²) >= 11 is 6.11. The van der Waals surface area contributed by atoms with Gasteiger partial charge in [0.2, 0.25) is 0 Å². The molecule has 0 aromatic heterocycles. The number of hydrogen-bond acceptors (Lipinski definition) is 4. The van der Waals surface area contributed by atoms with Gasteiger partial charge in [-0.15, -0.1) is 0 Å². The Bertz CT molecular complexity index is 900. The van der Waals surface area contributed by atoms with E-state index in [1.165, 1.54) is 36.4 Å². The van der Waals surface area contributed by atoms with Crippen LogP contribution in [0.3, 0.4) is 0 Å². The minimum Gasteiger partial charge on any atom is -0.478 e. The summed E-state index contributed by atoms with van der Waals surface area (Å²) in [6.07, 6.45) is 1.59. The zero-order valence-electron chi connectivity index (χ0n) is 15.5. The predicted molar refractivity (Wildman–Crippen MR) is 105 cm³/mol. The molecule has 2 aromatic carbocycles. The van der Waals surface area contributed by atoms with Crippen LogP contribution in [0.2, 0.25) is 5.02 Å². The molecule has 2 rings (SSSR count). The molecule has 0 unspecified atom stereocenters. The van der Waals surface area contributed by atoms with E-state index in [9.17, 15) is 14.4 Å². The molecular formula is C21H21ClFNO4. The first-order valence-electron chi connectivity index (χ1n) is 8.85. The lowest BCUT2D eigenvalue weighted by Crippen LogP contribution is -2.31. The summed E-state index contributed by atoms with van der Waals surface area (Å²) in [6, 6.07) is 7.75. The van der Waals surface area contributed by atoms with E-state index in [-0.39, 0.29) is 39.7 Å². The second-order valence-corrected chi connectivity index (χ2v) is 6.88. The molecule has 2 N–H and O–H groups in total. The number of halogens is 2. The second-order valence-electron chi connectivity index (χ2n) is 6.47. The van der Waals surface area contributed by atoms with E-state index in [0.29, 0.717) is 6.42 Å². The highest BCUT2D eigenvalue weighted by Gasteiger charge is 2.25. The topological polar surface area (TPSA) is 83.5 Å². The van der Waals surface area contributed by atoms with Crippen LogP contribution in [0.1, 0.15) is 64.6 Å². The lowest BCUT2D eigenvalue weighted by Gasteiger charge is -2.23. The molecule has 0 aliphatic rings. The molecule has 2 aromatic rings. The van der Waals surface area contributed by atoms with Crippen molar-refractivity contribution in [1.29, 1.82) is 0 Å². The van der Waals surface area contributed by atoms with Gasteiger partial charge in [0.05, 0.1) is 16.1 Å². The van der Waals surface area contributed by atoms with Gasteiger partial charge in [-0.05, 0) is 31.5 Å². The number of carbonyl (C=O) groups is 3. The van der Waals surface area contributed by atoms with E-state index in [0.717, 1.165) is 6.29 Å². The van der Waals surface area contributed by atoms with E-state index in [4.69, 9.17) is 16.7 Å². The zero-order chi connectivity index (χ0) is 20.8. The van der Waals surface area contributed by atoms with Gasteiger partial charge in [0.15, 0.2) is 5.78 Å². The molecule has 0 bridgehead atoms. The van der Waals surface area contributed by atoms with Crippen LogP contribution in [0.4, 0.5) is 4.39 Å². The Morgan fingerprint density at radius 3 is 2.54 bits per heavy atom. The van der Waals surface area contributed by atoms with Crippen molar-refractivity contribution in [3.63, 3.8) is 0 Å². The average Bonchev–Trinajstić information content (AvgIpc) is 2.67. The van der Waals surface area contributed by atoms with E-state index in [1.807, 2.05) is 13.8 Å². The van der Waals surface area contributed by atoms with Crippen LogP contribution in [0.5, 0.6) is 0 Å². The normalized spacial score (nSPS) is 13.0. The summed E-state index contributed by atoms with van der Waals surface area (Å²) in [4.78, 5) is 34.7. The molecular weight excluding hydrogens is 385 g/mol. The van der Waals surface area contributed by atoms with Crippen molar-refractivity contribution in [3.8, 4) is 0 Å². The Morgan fingerprint density at radius 2 is 1.93 bits per heavy atom. The van der Waals surface area contributed by atoms with Crippen LogP contribution >= 0.6 is 11.6 Å². The van der Waals surface area contributed by atoms with Crippen molar-refractivity contribution in [2.75, 3.05) is 0 Å². The maximum atomic E-state index is 15.3. The SMILES string of the molecule is CC[C@@H](N[C@@H](C)CC=O)c1ccc(Cl)c(C(=O)c2cccc(C(=O)O)c2)c1F. The molecule has 2 atom stereocenters. The van der Waals surface area contributed by atoms with Crippen LogP contribution < -0.4 is 5.32 Å². The molecule has 0 aliphatic heterocycles. The molecule has 5 nitrogen and oxygen atoms in total. The van der Waals surface area contributed by atoms with Crippen molar-refractivity contribution in [1.82, 2.24) is 5.32 Å². The summed E-state index contributed by atoms with van der Waals surface area (Å²) in [7, 11) is 0. The number of hydrogen-bond donors (Lipinski definition) is 2. The lowest BCUT2D eigenvalue weighted by atomic mass is 9.95. The van der Waals surface area contributed by atoms with Gasteiger partial charge in [0.25, 0.3) is 0 Å². The van der Waals surface area contributed by atoms with Crippen molar-refractivity contribution in [3.05, 3.63) is 69.5 Å². The van der Waals surface area contributed by atoms with Crippen molar-refractivity contribution < 1.29 is 23.9 Å². The highest BCUT2D eigenvalue weighted by molar-refractivity contribution is 6.35. The fraction of sp³-hybridized carbons (Fsp3) is 0.286. The third-order valence-corrected chi connectivity index (χ3v) is 4.75. The largest absolute Gasteiger partial charge is 0.478 e. The van der Waals surface area contributed by atoms with E-state index < -0.39 is 23.6 Å². The molecule has 0 radical (unpaired) electrons. The Labute approximate surface area is 167 Å². The van der Waals surface area contributed by atoms with Gasteiger partial charge in [0.1, 0.15) is 12.1 Å². The molecule has 28 heavy (non-hydrogen) atoms. The van der Waals surface area contributed by atoms with Gasteiger partial charge in [0, 0.05) is 29.6 Å². The van der Waals surface area contributed by atoms with Crippen molar-refractivity contribution >= 4 is 29.6 Å². The smallest absolute Gasteiger partial charge is 0.335 e. The summed E-state index contributed by atoms with van der Waals surface area (Å²) < 4.78 is 15.3. The Balaban J connectivity index is 2.46. The number of benzene rings is 2. The number of carboxylic acids is 1. The predicted octanol–water partition coefficient (Wildman–Crippen LogP) is 4.43. The summed E-state index contributed by atoms with van der Waals surface area (Å²) in [5, 5.41) is 12.2. The molecule has 0 spiro atoms. The highest BCUT2D eigenvalue weighted by atomic mass is 35.5. The molecule has 7 heteroatoms. The van der Waals surface area contributed by atoms with Crippen molar-refractivity contribution in [2.45, 2.75) is 38.8 Å². The number of aromatic carboxylic acids is 1. The number of carbonyl (C=O) groups excluding carboxylic acids is 2. The standard InChI is InChI=1S/C21H21ClFNO4/c1-3-17(24-12(2)9-10-25)15-7-8-16(22)18(19(15)23)20(26)13-5-4-6-14(11-13)21(27)28/h4-8,10-12,17,24H,3,9H2,1-2H3,(H,27,28)/t12-,17+/m0/s1. The third kappa shape index (κ3) is 4.82. The van der Waals surface area contributed by atoms with Gasteiger partial charge in [-0.3, -0.25) is 4.79 Å². The maximum Gasteiger partial charge on any atom is 0.335 e. The van der Waals surface area contributed by atoms with Crippen LogP contribution in [0.25, 0.3) is 0 Å². The number of nitrogens with one attached hydrogen (secondary N) is 1. The van der Waals surface area contributed by atoms with Crippen molar-refractivity contribution in [2.24, 2.45) is 0 Å². The molecule has 0 fully saturated rings. The Morgan fingerprint density at radius 1 is 1.25 bits per heavy atom. The molecule has 0 saturated carbocycles. The van der Waals surface area contributed by atoms with Gasteiger partial charge in [-0.1, -0.05) is 36.7 Å². The quantitative estimate of drug-likeness (QED) is 0.476. The average molecular weight is 406 g/mol. The number of rotatable bonds is 9. The first-order valence-corrected chi connectivity index (χ1v) is 9.23. The molecule has 0 saturated heterocycles. The monoisotopic (exact) mass is 405 g/mol. The van der Waals surface area contributed by atoms with E-state index >= 15 is 4.39 Å². The lowest BCUT2D eigenvalue weighted by molar-refractivity contribution is -0.108. The van der Waals surface area contributed by atoms with Crippen LogP contribution in [0.15, 0.2) is 36.4 Å². The Hall–Kier alpha value is -2.57. The minimum absolute atomic E-state index is 0.0354.